The minimum absolute atomic E-state index is 0.137. The molecule has 4 heterocycles. The van der Waals surface area contributed by atoms with Gasteiger partial charge in [-0.1, -0.05) is 6.07 Å². The lowest BCUT2D eigenvalue weighted by Gasteiger charge is -2.33. The number of quaternary nitrogens is 1. The van der Waals surface area contributed by atoms with E-state index < -0.39 is 17.7 Å². The van der Waals surface area contributed by atoms with E-state index >= 15 is 0 Å². The molecule has 0 spiro atoms. The number of pyridine rings is 1. The van der Waals surface area contributed by atoms with Gasteiger partial charge in [0.15, 0.2) is 18.2 Å². The minimum atomic E-state index is -1.00. The number of hydrogen-bond donors (Lipinski definition) is 2. The first-order valence-electron chi connectivity index (χ1n) is 14.8. The number of nitrogens with one attached hydrogen (secondary N) is 1. The molecule has 1 aromatic carbocycles. The summed E-state index contributed by atoms with van der Waals surface area (Å²) in [5.41, 5.74) is 2.93. The molecule has 2 aromatic heterocycles. The van der Waals surface area contributed by atoms with Gasteiger partial charge in [-0.15, -0.1) is 0 Å². The zero-order valence-corrected chi connectivity index (χ0v) is 25.0. The molecule has 3 aromatic rings. The molecule has 6 rings (SSSR count). The number of carboxylic acid groups (broad SMARTS) is 1. The molecule has 2 aliphatic heterocycles. The average molecular weight is 575 g/mol. The van der Waals surface area contributed by atoms with Crippen LogP contribution in [-0.4, -0.2) is 85.4 Å². The molecule has 1 saturated carbocycles. The third kappa shape index (κ3) is 5.41. The lowest BCUT2D eigenvalue weighted by molar-refractivity contribution is -0.756. The van der Waals surface area contributed by atoms with Gasteiger partial charge in [-0.2, -0.15) is 4.79 Å². The van der Waals surface area contributed by atoms with Crippen molar-refractivity contribution in [1.29, 1.82) is 0 Å². The van der Waals surface area contributed by atoms with E-state index in [1.807, 2.05) is 33.0 Å². The summed E-state index contributed by atoms with van der Waals surface area (Å²) < 4.78 is 12.9. The number of amides is 1. The number of ether oxygens (including phenoxy) is 2. The van der Waals surface area contributed by atoms with Gasteiger partial charge in [-0.3, -0.25) is 9.88 Å². The molecule has 3 fully saturated rings. The molecule has 3 unspecified atom stereocenters. The normalized spacial score (nSPS) is 24.5. The predicted molar refractivity (Wildman–Crippen MR) is 156 cm³/mol. The Balaban J connectivity index is 1.28. The summed E-state index contributed by atoms with van der Waals surface area (Å²) in [5.74, 6) is 0.674. The number of carboxylic acids is 1. The SMILES string of the molecule is Cc1cc(OC(CN2CC[N+]3(C(=O)OC(C)(C)C)C(C2)[C@H]3C)c2ccc(C3CC3)cn2)c(-c2ncc[nH]2)cc1C(=O)O. The summed E-state index contributed by atoms with van der Waals surface area (Å²) in [5, 5.41) is 9.78. The van der Waals surface area contributed by atoms with Gasteiger partial charge in [-0.25, -0.2) is 14.3 Å². The maximum absolute atomic E-state index is 13.2. The van der Waals surface area contributed by atoms with Crippen LogP contribution < -0.4 is 4.74 Å². The summed E-state index contributed by atoms with van der Waals surface area (Å²) in [6.45, 7) is 12.4. The number of piperazine rings is 1. The molecule has 2 saturated heterocycles. The quantitative estimate of drug-likeness (QED) is 0.274. The lowest BCUT2D eigenvalue weighted by atomic mass is 10.0. The smallest absolute Gasteiger partial charge is 0.482 e. The highest BCUT2D eigenvalue weighted by Gasteiger charge is 2.72. The molecule has 2 N–H and O–H groups in total. The average Bonchev–Trinajstić information content (AvgIpc) is 3.81. The van der Waals surface area contributed by atoms with E-state index in [9.17, 15) is 14.7 Å². The second-order valence-electron chi connectivity index (χ2n) is 13.0. The number of aromatic amines is 1. The Hall–Kier alpha value is -3.76. The third-order valence-electron chi connectivity index (χ3n) is 8.94. The van der Waals surface area contributed by atoms with Crippen molar-refractivity contribution >= 4 is 12.1 Å². The van der Waals surface area contributed by atoms with Gasteiger partial charge in [-0.05, 0) is 82.7 Å². The summed E-state index contributed by atoms with van der Waals surface area (Å²) >= 11 is 0. The minimum Gasteiger partial charge on any atom is -0.482 e. The van der Waals surface area contributed by atoms with Crippen molar-refractivity contribution in [2.45, 2.75) is 77.2 Å². The Morgan fingerprint density at radius 1 is 1.21 bits per heavy atom. The van der Waals surface area contributed by atoms with Gasteiger partial charge in [0.2, 0.25) is 0 Å². The number of nitrogens with zero attached hydrogens (tertiary/aromatic N) is 4. The number of imidazole rings is 1. The van der Waals surface area contributed by atoms with Crippen LogP contribution >= 0.6 is 0 Å². The van der Waals surface area contributed by atoms with E-state index in [4.69, 9.17) is 14.5 Å². The summed E-state index contributed by atoms with van der Waals surface area (Å²) in [6.07, 6.45) is 7.14. The highest BCUT2D eigenvalue weighted by molar-refractivity contribution is 5.91. The van der Waals surface area contributed by atoms with Crippen molar-refractivity contribution in [3.05, 3.63) is 65.2 Å². The van der Waals surface area contributed by atoms with Crippen LogP contribution in [0.5, 0.6) is 5.75 Å². The molecule has 10 heteroatoms. The molecule has 4 atom stereocenters. The highest BCUT2D eigenvalue weighted by atomic mass is 16.6. The zero-order chi connectivity index (χ0) is 29.8. The molecule has 1 amide bonds. The van der Waals surface area contributed by atoms with Crippen LogP contribution in [0.4, 0.5) is 4.79 Å². The number of benzene rings is 1. The van der Waals surface area contributed by atoms with Crippen molar-refractivity contribution in [2.24, 2.45) is 0 Å². The van der Waals surface area contributed by atoms with Crippen LogP contribution in [0.1, 0.15) is 79.7 Å². The maximum atomic E-state index is 13.2. The van der Waals surface area contributed by atoms with Crippen LogP contribution in [0.15, 0.2) is 42.9 Å². The first-order chi connectivity index (χ1) is 20.0. The summed E-state index contributed by atoms with van der Waals surface area (Å²) in [7, 11) is 0. The fourth-order valence-corrected chi connectivity index (χ4v) is 6.33. The third-order valence-corrected chi connectivity index (χ3v) is 8.94. The van der Waals surface area contributed by atoms with E-state index in [0.717, 1.165) is 18.8 Å². The van der Waals surface area contributed by atoms with Gasteiger partial charge in [0.1, 0.15) is 23.7 Å². The molecular weight excluding hydrogens is 534 g/mol. The van der Waals surface area contributed by atoms with Gasteiger partial charge in [0, 0.05) is 31.7 Å². The summed E-state index contributed by atoms with van der Waals surface area (Å²) in [6, 6.07) is 7.97. The number of aryl methyl sites for hydroxylation is 1. The van der Waals surface area contributed by atoms with Gasteiger partial charge < -0.3 is 19.6 Å². The first kappa shape index (κ1) is 28.4. The van der Waals surface area contributed by atoms with Gasteiger partial charge in [0.25, 0.3) is 0 Å². The molecule has 222 valence electrons. The number of rotatable bonds is 8. The predicted octanol–water partition coefficient (Wildman–Crippen LogP) is 5.31. The number of aromatic carboxylic acids is 1. The van der Waals surface area contributed by atoms with E-state index in [0.29, 0.717) is 46.2 Å². The van der Waals surface area contributed by atoms with E-state index in [1.54, 1.807) is 31.5 Å². The number of aromatic nitrogens is 3. The number of H-pyrrole nitrogens is 1. The second-order valence-corrected chi connectivity index (χ2v) is 13.0. The Labute approximate surface area is 246 Å². The van der Waals surface area contributed by atoms with Gasteiger partial charge >= 0.3 is 12.1 Å². The number of hydrogen-bond acceptors (Lipinski definition) is 7. The Kier molecular flexibility index (Phi) is 7.09. The molecule has 0 bridgehead atoms. The second kappa shape index (κ2) is 10.5. The number of fused-ring (bicyclic) bond motifs is 1. The van der Waals surface area contributed by atoms with Crippen molar-refractivity contribution in [3.8, 4) is 17.1 Å². The number of carbonyl (C=O) groups is 2. The first-order valence-corrected chi connectivity index (χ1v) is 14.8. The monoisotopic (exact) mass is 574 g/mol. The zero-order valence-electron chi connectivity index (χ0n) is 25.0. The van der Waals surface area contributed by atoms with Crippen molar-refractivity contribution in [3.63, 3.8) is 0 Å². The molecular formula is C32H40N5O5+. The fourth-order valence-electron chi connectivity index (χ4n) is 6.33. The fraction of sp³-hybridized carbons (Fsp3) is 0.500. The van der Waals surface area contributed by atoms with E-state index in [2.05, 4.69) is 27.9 Å². The van der Waals surface area contributed by atoms with Crippen LogP contribution in [0, 0.1) is 6.92 Å². The number of carbonyl (C=O) groups excluding carboxylic acids is 1. The molecule has 42 heavy (non-hydrogen) atoms. The van der Waals surface area contributed by atoms with E-state index in [1.165, 1.54) is 18.4 Å². The standard InChI is InChI=1S/C32H39N5O5/c1-19-14-27(24(15-23(19)30(38)39)29-33-10-11-34-29)41-28(25-9-8-22(16-35-25)21-6-7-21)18-36-12-13-37(20(2)26(37)17-36)31(40)42-32(3,4)5/h8-11,14-16,20-21,26,28H,6-7,12-13,17-18H2,1-5H3,(H-,33,34,38,39)/p+1/t20-,26?,28?,37?/m1/s1. The molecule has 1 aliphatic carbocycles. The Morgan fingerprint density at radius 3 is 2.60 bits per heavy atom. The largest absolute Gasteiger partial charge is 0.517 e. The van der Waals surface area contributed by atoms with Crippen LogP contribution in [0.2, 0.25) is 0 Å². The Bertz CT molecular complexity index is 1480. The molecule has 0 radical (unpaired) electrons. The topological polar surface area (TPSA) is 118 Å². The maximum Gasteiger partial charge on any atom is 0.517 e. The lowest BCUT2D eigenvalue weighted by Crippen LogP contribution is -2.52. The van der Waals surface area contributed by atoms with Crippen molar-refractivity contribution < 1.29 is 28.7 Å². The van der Waals surface area contributed by atoms with Gasteiger partial charge in [0.05, 0.1) is 23.4 Å². The van der Waals surface area contributed by atoms with Crippen LogP contribution in [0.3, 0.4) is 0 Å². The van der Waals surface area contributed by atoms with Crippen LogP contribution in [0.25, 0.3) is 11.4 Å². The summed E-state index contributed by atoms with van der Waals surface area (Å²) in [4.78, 5) is 39.8. The van der Waals surface area contributed by atoms with Crippen LogP contribution in [-0.2, 0) is 4.74 Å². The Morgan fingerprint density at radius 2 is 2.00 bits per heavy atom. The molecule has 3 aliphatic rings. The van der Waals surface area contributed by atoms with E-state index in [-0.39, 0.29) is 23.7 Å². The van der Waals surface area contributed by atoms with Crippen molar-refractivity contribution in [1.82, 2.24) is 19.9 Å². The van der Waals surface area contributed by atoms with Crippen molar-refractivity contribution in [2.75, 3.05) is 26.2 Å². The molecule has 10 nitrogen and oxygen atoms in total. The highest BCUT2D eigenvalue weighted by Crippen LogP contribution is 2.45.